The summed E-state index contributed by atoms with van der Waals surface area (Å²) in [5.74, 6) is -0.857. The first-order valence-corrected chi connectivity index (χ1v) is 12.9. The van der Waals surface area contributed by atoms with Crippen molar-refractivity contribution in [2.75, 3.05) is 6.54 Å². The fourth-order valence-corrected chi connectivity index (χ4v) is 4.02. The van der Waals surface area contributed by atoms with Crippen LogP contribution >= 0.6 is 12.4 Å². The molecule has 0 spiro atoms. The van der Waals surface area contributed by atoms with E-state index in [1.165, 1.54) is 0 Å². The lowest BCUT2D eigenvalue weighted by Crippen LogP contribution is -2.50. The third-order valence-corrected chi connectivity index (χ3v) is 6.01. The summed E-state index contributed by atoms with van der Waals surface area (Å²) < 4.78 is 5.30. The number of benzene rings is 1. The number of rotatable bonds is 19. The molecule has 35 heavy (non-hydrogen) atoms. The van der Waals surface area contributed by atoms with Gasteiger partial charge in [0, 0.05) is 25.4 Å². The van der Waals surface area contributed by atoms with E-state index in [0.717, 1.165) is 56.9 Å². The van der Waals surface area contributed by atoms with E-state index in [1.807, 2.05) is 30.3 Å². The van der Waals surface area contributed by atoms with Crippen molar-refractivity contribution in [3.8, 4) is 0 Å². The maximum Gasteiger partial charge on any atom is 0.306 e. The summed E-state index contributed by atoms with van der Waals surface area (Å²) >= 11 is 0. The Labute approximate surface area is 217 Å². The summed E-state index contributed by atoms with van der Waals surface area (Å²) in [4.78, 5) is 38.9. The second-order valence-electron chi connectivity index (χ2n) is 9.06. The minimum Gasteiger partial charge on any atom is -0.461 e. The summed E-state index contributed by atoms with van der Waals surface area (Å²) in [6.45, 7) is 5.08. The van der Waals surface area contributed by atoms with Crippen LogP contribution in [-0.2, 0) is 25.7 Å². The fourth-order valence-electron chi connectivity index (χ4n) is 4.02. The number of primary amides is 1. The number of esters is 1. The topological polar surface area (TPSA) is 116 Å². The van der Waals surface area contributed by atoms with Crippen molar-refractivity contribution in [1.29, 1.82) is 0 Å². The number of nitrogens with zero attached hydrogens (tertiary/aromatic N) is 1. The molecule has 8 heteroatoms. The molecule has 0 unspecified atom stereocenters. The van der Waals surface area contributed by atoms with Crippen molar-refractivity contribution in [2.45, 2.75) is 110 Å². The number of ether oxygens (including phenoxy) is 1. The summed E-state index contributed by atoms with van der Waals surface area (Å²) in [7, 11) is 0. The lowest BCUT2D eigenvalue weighted by molar-refractivity contribution is -0.145. The van der Waals surface area contributed by atoms with Gasteiger partial charge >= 0.3 is 5.97 Å². The van der Waals surface area contributed by atoms with Crippen LogP contribution in [0.1, 0.15) is 96.5 Å². The zero-order valence-corrected chi connectivity index (χ0v) is 22.4. The molecule has 0 aliphatic carbocycles. The minimum atomic E-state index is -0.713. The predicted octanol–water partition coefficient (Wildman–Crippen LogP) is 4.88. The predicted molar refractivity (Wildman–Crippen MR) is 143 cm³/mol. The molecule has 1 rings (SSSR count). The van der Waals surface area contributed by atoms with Crippen molar-refractivity contribution < 1.29 is 19.1 Å². The van der Waals surface area contributed by atoms with Crippen LogP contribution in [0.25, 0.3) is 0 Å². The molecule has 0 radical (unpaired) electrons. The van der Waals surface area contributed by atoms with Crippen molar-refractivity contribution in [3.63, 3.8) is 0 Å². The molecule has 0 bridgehead atoms. The van der Waals surface area contributed by atoms with Crippen LogP contribution in [0.4, 0.5) is 0 Å². The number of carbonyl (C=O) groups excluding carboxylic acids is 3. The zero-order chi connectivity index (χ0) is 25.2. The molecule has 0 saturated heterocycles. The lowest BCUT2D eigenvalue weighted by Gasteiger charge is -2.33. The monoisotopic (exact) mass is 511 g/mol. The molecule has 7 nitrogen and oxygen atoms in total. The van der Waals surface area contributed by atoms with E-state index in [2.05, 4.69) is 13.8 Å². The van der Waals surface area contributed by atoms with Gasteiger partial charge in [0.25, 0.3) is 0 Å². The van der Waals surface area contributed by atoms with Crippen LogP contribution in [-0.4, -0.2) is 41.3 Å². The van der Waals surface area contributed by atoms with Crippen LogP contribution < -0.4 is 11.5 Å². The molecule has 1 aromatic carbocycles. The van der Waals surface area contributed by atoms with Gasteiger partial charge in [0.2, 0.25) is 11.8 Å². The summed E-state index contributed by atoms with van der Waals surface area (Å²) in [6, 6.07) is 8.58. The van der Waals surface area contributed by atoms with E-state index in [4.69, 9.17) is 16.2 Å². The van der Waals surface area contributed by atoms with Crippen LogP contribution in [0, 0.1) is 0 Å². The number of hydrogen-bond acceptors (Lipinski definition) is 5. The van der Waals surface area contributed by atoms with Crippen molar-refractivity contribution in [3.05, 3.63) is 35.9 Å². The molecule has 4 N–H and O–H groups in total. The number of hydrogen-bond donors (Lipinski definition) is 2. The molecule has 2 amide bonds. The van der Waals surface area contributed by atoms with E-state index in [-0.39, 0.29) is 49.8 Å². The SMILES string of the molecule is CCCCCC[C@@H](CC(N)=O)N(CCCCC)C(=O)[C@@H](N)CCCC(=O)OCc1ccccc1.Cl. The average molecular weight is 512 g/mol. The normalized spacial score (nSPS) is 12.3. The highest BCUT2D eigenvalue weighted by atomic mass is 35.5. The lowest BCUT2D eigenvalue weighted by atomic mass is 10.00. The molecule has 2 atom stereocenters. The second kappa shape index (κ2) is 20.1. The smallest absolute Gasteiger partial charge is 0.306 e. The Balaban J connectivity index is 0.0000116. The van der Waals surface area contributed by atoms with Crippen LogP contribution in [0.3, 0.4) is 0 Å². The highest BCUT2D eigenvalue weighted by molar-refractivity contribution is 5.85. The number of amides is 2. The second-order valence-corrected chi connectivity index (χ2v) is 9.06. The number of unbranched alkanes of at least 4 members (excludes halogenated alkanes) is 5. The van der Waals surface area contributed by atoms with E-state index in [9.17, 15) is 14.4 Å². The van der Waals surface area contributed by atoms with E-state index in [1.54, 1.807) is 4.90 Å². The summed E-state index contributed by atoms with van der Waals surface area (Å²) in [5, 5.41) is 0. The maximum atomic E-state index is 13.3. The van der Waals surface area contributed by atoms with Gasteiger partial charge in [-0.05, 0) is 31.2 Å². The summed E-state index contributed by atoms with van der Waals surface area (Å²) in [5.41, 5.74) is 12.7. The number of nitrogens with two attached hydrogens (primary N) is 2. The van der Waals surface area contributed by atoms with Crippen LogP contribution in [0.15, 0.2) is 30.3 Å². The van der Waals surface area contributed by atoms with Gasteiger partial charge in [-0.3, -0.25) is 14.4 Å². The fraction of sp³-hybridized carbons (Fsp3) is 0.667. The Kier molecular flexibility index (Phi) is 18.9. The molecule has 1 aromatic rings. The average Bonchev–Trinajstić information content (AvgIpc) is 2.82. The van der Waals surface area contributed by atoms with Gasteiger partial charge < -0.3 is 21.1 Å². The van der Waals surface area contributed by atoms with Crippen LogP contribution in [0.5, 0.6) is 0 Å². The van der Waals surface area contributed by atoms with Crippen molar-refractivity contribution >= 4 is 30.2 Å². The number of carbonyl (C=O) groups is 3. The highest BCUT2D eigenvalue weighted by Crippen LogP contribution is 2.18. The Morgan fingerprint density at radius 1 is 0.914 bits per heavy atom. The molecule has 0 fully saturated rings. The first kappa shape index (κ1) is 32.9. The van der Waals surface area contributed by atoms with Crippen molar-refractivity contribution in [1.82, 2.24) is 4.90 Å². The third kappa shape index (κ3) is 14.8. The van der Waals surface area contributed by atoms with Gasteiger partial charge in [0.05, 0.1) is 6.04 Å². The van der Waals surface area contributed by atoms with E-state index in [0.29, 0.717) is 19.4 Å². The Morgan fingerprint density at radius 3 is 2.20 bits per heavy atom. The van der Waals surface area contributed by atoms with Gasteiger partial charge in [-0.1, -0.05) is 82.7 Å². The molecular formula is C27H46ClN3O4. The van der Waals surface area contributed by atoms with Gasteiger partial charge in [0.15, 0.2) is 0 Å². The Hall–Kier alpha value is -2.12. The van der Waals surface area contributed by atoms with E-state index < -0.39 is 11.9 Å². The van der Waals surface area contributed by atoms with Gasteiger partial charge in [0.1, 0.15) is 6.61 Å². The van der Waals surface area contributed by atoms with Crippen molar-refractivity contribution in [2.24, 2.45) is 11.5 Å². The molecule has 0 saturated carbocycles. The highest BCUT2D eigenvalue weighted by Gasteiger charge is 2.28. The molecule has 0 heterocycles. The van der Waals surface area contributed by atoms with Gasteiger partial charge in [-0.25, -0.2) is 0 Å². The van der Waals surface area contributed by atoms with E-state index >= 15 is 0 Å². The van der Waals surface area contributed by atoms with Gasteiger partial charge in [-0.2, -0.15) is 0 Å². The zero-order valence-electron chi connectivity index (χ0n) is 21.6. The Morgan fingerprint density at radius 2 is 1.57 bits per heavy atom. The van der Waals surface area contributed by atoms with Crippen LogP contribution in [0.2, 0.25) is 0 Å². The molecule has 0 aliphatic heterocycles. The first-order chi connectivity index (χ1) is 16.4. The molecule has 200 valence electrons. The molecule has 0 aromatic heterocycles. The maximum absolute atomic E-state index is 13.3. The standard InChI is InChI=1S/C27H45N3O4.ClH/c1-3-5-7-11-16-23(20-25(29)31)30(19-12-6-4-2)27(33)24(28)17-13-18-26(32)34-21-22-14-9-8-10-15-22;/h8-10,14-15,23-24H,3-7,11-13,16-21,28H2,1-2H3,(H2,29,31);1H/t23-,24-;/m0./s1. The third-order valence-electron chi connectivity index (χ3n) is 6.01. The largest absolute Gasteiger partial charge is 0.461 e. The Bertz CT molecular complexity index is 718. The quantitative estimate of drug-likeness (QED) is 0.203. The molecular weight excluding hydrogens is 466 g/mol. The number of halogens is 1. The minimum absolute atomic E-state index is 0. The van der Waals surface area contributed by atoms with Gasteiger partial charge in [-0.15, -0.1) is 12.4 Å². The first-order valence-electron chi connectivity index (χ1n) is 12.9. The summed E-state index contributed by atoms with van der Waals surface area (Å²) in [6.07, 6.45) is 9.17. The molecule has 0 aliphatic rings.